The molecule has 1 aromatic heterocycles. The molecule has 1 aliphatic heterocycles. The van der Waals surface area contributed by atoms with Crippen LogP contribution < -0.4 is 5.32 Å². The number of hydrogen-bond acceptors (Lipinski definition) is 4. The van der Waals surface area contributed by atoms with E-state index < -0.39 is 0 Å². The molecule has 2 rings (SSSR count). The number of rotatable bonds is 3. The lowest BCUT2D eigenvalue weighted by Crippen LogP contribution is -2.29. The first kappa shape index (κ1) is 11.3. The molecular weight excluding hydrogens is 224 g/mol. The maximum absolute atomic E-state index is 11.7. The second-order valence-electron chi connectivity index (χ2n) is 3.83. The lowest BCUT2D eigenvalue weighted by Gasteiger charge is -2.10. The Balaban J connectivity index is 1.90. The number of nitrogens with zero attached hydrogens (tertiary/aromatic N) is 1. The molecule has 1 atom stereocenters. The third-order valence-corrected chi connectivity index (χ3v) is 3.85. The van der Waals surface area contributed by atoms with Gasteiger partial charge in [0, 0.05) is 12.7 Å². The van der Waals surface area contributed by atoms with Crippen molar-refractivity contribution in [3.05, 3.63) is 24.0 Å². The first-order valence-corrected chi connectivity index (χ1v) is 6.42. The minimum absolute atomic E-state index is 0.0687. The minimum Gasteiger partial charge on any atom is -0.505 e. The van der Waals surface area contributed by atoms with E-state index in [2.05, 4.69) is 10.3 Å². The van der Waals surface area contributed by atoms with Crippen molar-refractivity contribution in [2.75, 3.05) is 18.1 Å². The number of thioether (sulfide) groups is 1. The number of amides is 1. The quantitative estimate of drug-likeness (QED) is 0.832. The topological polar surface area (TPSA) is 62.2 Å². The molecular formula is C11H14N2O2S. The molecule has 86 valence electrons. The van der Waals surface area contributed by atoms with E-state index in [-0.39, 0.29) is 11.7 Å². The highest BCUT2D eigenvalue weighted by atomic mass is 32.2. The third-order valence-electron chi connectivity index (χ3n) is 2.62. The SMILES string of the molecule is O=C(NCC1CCSC1)c1ccncc1O. The van der Waals surface area contributed by atoms with Crippen molar-refractivity contribution in [3.8, 4) is 5.75 Å². The van der Waals surface area contributed by atoms with Crippen molar-refractivity contribution in [2.24, 2.45) is 5.92 Å². The summed E-state index contributed by atoms with van der Waals surface area (Å²) in [5, 5.41) is 12.3. The van der Waals surface area contributed by atoms with Gasteiger partial charge in [-0.15, -0.1) is 0 Å². The van der Waals surface area contributed by atoms with Crippen molar-refractivity contribution >= 4 is 17.7 Å². The minimum atomic E-state index is -0.225. The van der Waals surface area contributed by atoms with Gasteiger partial charge < -0.3 is 10.4 Å². The summed E-state index contributed by atoms with van der Waals surface area (Å²) in [6.07, 6.45) is 3.94. The summed E-state index contributed by atoms with van der Waals surface area (Å²) in [5.41, 5.74) is 0.292. The Morgan fingerprint density at radius 1 is 1.69 bits per heavy atom. The van der Waals surface area contributed by atoms with Gasteiger partial charge in [0.25, 0.3) is 5.91 Å². The van der Waals surface area contributed by atoms with E-state index >= 15 is 0 Å². The number of nitrogens with one attached hydrogen (secondary N) is 1. The van der Waals surface area contributed by atoms with E-state index in [1.165, 1.54) is 24.2 Å². The van der Waals surface area contributed by atoms with Crippen LogP contribution in [0.4, 0.5) is 0 Å². The van der Waals surface area contributed by atoms with Crippen LogP contribution in [0.3, 0.4) is 0 Å². The third kappa shape index (κ3) is 2.66. The van der Waals surface area contributed by atoms with Crippen LogP contribution in [0.1, 0.15) is 16.8 Å². The van der Waals surface area contributed by atoms with Crippen LogP contribution in [0, 0.1) is 5.92 Å². The fourth-order valence-electron chi connectivity index (χ4n) is 1.65. The Morgan fingerprint density at radius 3 is 3.25 bits per heavy atom. The highest BCUT2D eigenvalue weighted by molar-refractivity contribution is 7.99. The largest absolute Gasteiger partial charge is 0.505 e. The molecule has 1 saturated heterocycles. The van der Waals surface area contributed by atoms with E-state index in [0.29, 0.717) is 18.0 Å². The van der Waals surface area contributed by atoms with Crippen molar-refractivity contribution < 1.29 is 9.90 Å². The summed E-state index contributed by atoms with van der Waals surface area (Å²) in [4.78, 5) is 15.4. The fraction of sp³-hybridized carbons (Fsp3) is 0.455. The van der Waals surface area contributed by atoms with E-state index in [1.54, 1.807) is 0 Å². The van der Waals surface area contributed by atoms with Crippen LogP contribution in [0.5, 0.6) is 5.75 Å². The molecule has 0 aliphatic carbocycles. The average molecular weight is 238 g/mol. The Morgan fingerprint density at radius 2 is 2.56 bits per heavy atom. The van der Waals surface area contributed by atoms with Crippen LogP contribution in [0.25, 0.3) is 0 Å². The van der Waals surface area contributed by atoms with Crippen molar-refractivity contribution in [1.82, 2.24) is 10.3 Å². The monoisotopic (exact) mass is 238 g/mol. The zero-order valence-corrected chi connectivity index (χ0v) is 9.67. The van der Waals surface area contributed by atoms with E-state index in [1.807, 2.05) is 11.8 Å². The Labute approximate surface area is 98.5 Å². The van der Waals surface area contributed by atoms with Gasteiger partial charge in [0.1, 0.15) is 5.75 Å². The highest BCUT2D eigenvalue weighted by Crippen LogP contribution is 2.22. The predicted octanol–water partition coefficient (Wildman–Crippen LogP) is 1.27. The smallest absolute Gasteiger partial charge is 0.255 e. The molecule has 5 heteroatoms. The predicted molar refractivity (Wildman–Crippen MR) is 63.7 cm³/mol. The molecule has 4 nitrogen and oxygen atoms in total. The Kier molecular flexibility index (Phi) is 3.66. The Bertz CT molecular complexity index is 378. The van der Waals surface area contributed by atoms with Crippen molar-refractivity contribution in [3.63, 3.8) is 0 Å². The second-order valence-corrected chi connectivity index (χ2v) is 4.98. The Hall–Kier alpha value is -1.23. The first-order chi connectivity index (χ1) is 7.77. The van der Waals surface area contributed by atoms with Gasteiger partial charge in [-0.25, -0.2) is 0 Å². The maximum atomic E-state index is 11.7. The number of aromatic hydroxyl groups is 1. The summed E-state index contributed by atoms with van der Waals surface area (Å²) in [6.45, 7) is 0.688. The lowest BCUT2D eigenvalue weighted by molar-refractivity contribution is 0.0945. The number of pyridine rings is 1. The molecule has 1 fully saturated rings. The normalized spacial score (nSPS) is 19.6. The van der Waals surface area contributed by atoms with Crippen LogP contribution in [0.15, 0.2) is 18.5 Å². The molecule has 1 aromatic rings. The van der Waals surface area contributed by atoms with Gasteiger partial charge >= 0.3 is 0 Å². The van der Waals surface area contributed by atoms with Gasteiger partial charge in [0.2, 0.25) is 0 Å². The molecule has 16 heavy (non-hydrogen) atoms. The number of carbonyl (C=O) groups is 1. The van der Waals surface area contributed by atoms with Gasteiger partial charge in [0.05, 0.1) is 11.8 Å². The second kappa shape index (κ2) is 5.21. The summed E-state index contributed by atoms with van der Waals surface area (Å²) in [5.74, 6) is 2.57. The molecule has 2 heterocycles. The molecule has 2 N–H and O–H groups in total. The van der Waals surface area contributed by atoms with Gasteiger partial charge in [0.15, 0.2) is 0 Å². The average Bonchev–Trinajstić information content (AvgIpc) is 2.79. The summed E-state index contributed by atoms with van der Waals surface area (Å²) >= 11 is 1.92. The molecule has 1 unspecified atom stereocenters. The highest BCUT2D eigenvalue weighted by Gasteiger charge is 2.17. The van der Waals surface area contributed by atoms with Gasteiger partial charge in [-0.05, 0) is 29.9 Å². The first-order valence-electron chi connectivity index (χ1n) is 5.26. The van der Waals surface area contributed by atoms with Gasteiger partial charge in [-0.1, -0.05) is 0 Å². The van der Waals surface area contributed by atoms with Gasteiger partial charge in [-0.2, -0.15) is 11.8 Å². The molecule has 0 radical (unpaired) electrons. The van der Waals surface area contributed by atoms with Crippen LogP contribution in [-0.2, 0) is 0 Å². The van der Waals surface area contributed by atoms with E-state index in [4.69, 9.17) is 0 Å². The van der Waals surface area contributed by atoms with Crippen LogP contribution >= 0.6 is 11.8 Å². The maximum Gasteiger partial charge on any atom is 0.255 e. The van der Waals surface area contributed by atoms with Crippen molar-refractivity contribution in [2.45, 2.75) is 6.42 Å². The van der Waals surface area contributed by atoms with Gasteiger partial charge in [-0.3, -0.25) is 9.78 Å². The van der Waals surface area contributed by atoms with Crippen molar-refractivity contribution in [1.29, 1.82) is 0 Å². The number of aromatic nitrogens is 1. The van der Waals surface area contributed by atoms with E-state index in [9.17, 15) is 9.90 Å². The number of hydrogen-bond donors (Lipinski definition) is 2. The molecule has 0 spiro atoms. The fourth-order valence-corrected chi connectivity index (χ4v) is 2.94. The van der Waals surface area contributed by atoms with Crippen LogP contribution in [0.2, 0.25) is 0 Å². The summed E-state index contributed by atoms with van der Waals surface area (Å²) < 4.78 is 0. The summed E-state index contributed by atoms with van der Waals surface area (Å²) in [7, 11) is 0. The molecule has 1 amide bonds. The standard InChI is InChI=1S/C11H14N2O2S/c14-10-6-12-3-1-9(10)11(15)13-5-8-2-4-16-7-8/h1,3,6,8,14H,2,4-5,7H2,(H,13,15). The molecule has 1 aliphatic rings. The zero-order chi connectivity index (χ0) is 11.4. The molecule has 0 aromatic carbocycles. The number of carbonyl (C=O) groups excluding carboxylic acids is 1. The van der Waals surface area contributed by atoms with E-state index in [0.717, 1.165) is 12.2 Å². The molecule has 0 bridgehead atoms. The van der Waals surface area contributed by atoms with Crippen LogP contribution in [-0.4, -0.2) is 34.0 Å². The summed E-state index contributed by atoms with van der Waals surface area (Å²) in [6, 6.07) is 1.52. The zero-order valence-electron chi connectivity index (χ0n) is 8.85. The lowest BCUT2D eigenvalue weighted by atomic mass is 10.1. The molecule has 0 saturated carbocycles.